The average molecular weight is 592 g/mol. The number of benzene rings is 3. The number of amides is 1. The summed E-state index contributed by atoms with van der Waals surface area (Å²) < 4.78 is 40.3. The molecule has 1 saturated heterocycles. The summed E-state index contributed by atoms with van der Waals surface area (Å²) in [7, 11) is -3.54. The van der Waals surface area contributed by atoms with Crippen LogP contribution in [0.5, 0.6) is 11.5 Å². The summed E-state index contributed by atoms with van der Waals surface area (Å²) in [6, 6.07) is 21.6. The number of hydrogen-bond donors (Lipinski definition) is 1. The SMILES string of the molecule is CC(Sc1nnc(-c2ccc3c(c2)OCO3)n1-c1ccccc1)C(=O)Nc1ccc(S(=O)(=O)N2CCCCC2)cc1. The van der Waals surface area contributed by atoms with E-state index in [1.54, 1.807) is 31.2 Å². The maximum absolute atomic E-state index is 13.2. The van der Waals surface area contributed by atoms with E-state index in [9.17, 15) is 13.2 Å². The Kier molecular flexibility index (Phi) is 7.69. The van der Waals surface area contributed by atoms with E-state index in [0.29, 0.717) is 41.3 Å². The lowest BCUT2D eigenvalue weighted by Gasteiger charge is -2.25. The van der Waals surface area contributed by atoms with Crippen molar-refractivity contribution in [2.24, 2.45) is 0 Å². The molecular formula is C29H29N5O5S2. The Balaban J connectivity index is 1.19. The second kappa shape index (κ2) is 11.6. The Morgan fingerprint density at radius 2 is 1.66 bits per heavy atom. The predicted octanol–water partition coefficient (Wildman–Crippen LogP) is 4.96. The number of rotatable bonds is 8. The Morgan fingerprint density at radius 3 is 2.41 bits per heavy atom. The van der Waals surface area contributed by atoms with Crippen LogP contribution in [0.4, 0.5) is 5.69 Å². The molecule has 10 nitrogen and oxygen atoms in total. The number of nitrogens with one attached hydrogen (secondary N) is 1. The molecule has 1 amide bonds. The highest BCUT2D eigenvalue weighted by molar-refractivity contribution is 8.00. The summed E-state index contributed by atoms with van der Waals surface area (Å²) in [6.07, 6.45) is 2.80. The second-order valence-electron chi connectivity index (χ2n) is 9.78. The van der Waals surface area contributed by atoms with E-state index in [2.05, 4.69) is 15.5 Å². The maximum atomic E-state index is 13.2. The predicted molar refractivity (Wildman–Crippen MR) is 156 cm³/mol. The van der Waals surface area contributed by atoms with Gasteiger partial charge in [0.1, 0.15) is 0 Å². The Bertz CT molecular complexity index is 1650. The number of para-hydroxylation sites is 1. The number of nitrogens with zero attached hydrogens (tertiary/aromatic N) is 4. The van der Waals surface area contributed by atoms with Crippen molar-refractivity contribution in [2.75, 3.05) is 25.2 Å². The van der Waals surface area contributed by atoms with Crippen LogP contribution >= 0.6 is 11.8 Å². The largest absolute Gasteiger partial charge is 0.454 e. The van der Waals surface area contributed by atoms with Gasteiger partial charge < -0.3 is 14.8 Å². The fourth-order valence-corrected chi connectivity index (χ4v) is 7.18. The summed E-state index contributed by atoms with van der Waals surface area (Å²) >= 11 is 1.28. The molecule has 2 aliphatic rings. The van der Waals surface area contributed by atoms with Gasteiger partial charge in [0.05, 0.1) is 10.1 Å². The second-order valence-corrected chi connectivity index (χ2v) is 13.0. The molecule has 212 valence electrons. The van der Waals surface area contributed by atoms with E-state index in [1.165, 1.54) is 16.1 Å². The number of thioether (sulfide) groups is 1. The third-order valence-corrected chi connectivity index (χ3v) is 9.96. The van der Waals surface area contributed by atoms with E-state index in [-0.39, 0.29) is 17.6 Å². The quantitative estimate of drug-likeness (QED) is 0.286. The number of carbonyl (C=O) groups excluding carboxylic acids is 1. The number of carbonyl (C=O) groups is 1. The fourth-order valence-electron chi connectivity index (χ4n) is 4.80. The van der Waals surface area contributed by atoms with Gasteiger partial charge in [0, 0.05) is 30.0 Å². The highest BCUT2D eigenvalue weighted by atomic mass is 32.2. The standard InChI is InChI=1S/C29H29N5O5S2/c1-20(28(35)30-22-11-13-24(14-12-22)41(36,37)33-16-6-3-7-17-33)40-29-32-31-27(34(29)23-8-4-2-5-9-23)21-10-15-25-26(18-21)39-19-38-25/h2,4-5,8-15,18,20H,3,6-7,16-17,19H2,1H3,(H,30,35). The third-order valence-electron chi connectivity index (χ3n) is 7.00. The van der Waals surface area contributed by atoms with Crippen molar-refractivity contribution in [1.82, 2.24) is 19.1 Å². The zero-order chi connectivity index (χ0) is 28.4. The number of hydrogen-bond acceptors (Lipinski definition) is 8. The molecular weight excluding hydrogens is 562 g/mol. The molecule has 0 radical (unpaired) electrons. The van der Waals surface area contributed by atoms with E-state index >= 15 is 0 Å². The highest BCUT2D eigenvalue weighted by Crippen LogP contribution is 2.37. The lowest BCUT2D eigenvalue weighted by atomic mass is 10.2. The van der Waals surface area contributed by atoms with E-state index in [1.807, 2.05) is 53.1 Å². The normalized spacial score (nSPS) is 15.9. The molecule has 1 N–H and O–H groups in total. The van der Waals surface area contributed by atoms with Gasteiger partial charge in [-0.1, -0.05) is 36.4 Å². The summed E-state index contributed by atoms with van der Waals surface area (Å²) in [6.45, 7) is 3.05. The van der Waals surface area contributed by atoms with E-state index in [0.717, 1.165) is 30.5 Å². The summed E-state index contributed by atoms with van der Waals surface area (Å²) in [4.78, 5) is 13.4. The van der Waals surface area contributed by atoms with Crippen molar-refractivity contribution in [3.8, 4) is 28.6 Å². The monoisotopic (exact) mass is 591 g/mol. The highest BCUT2D eigenvalue weighted by Gasteiger charge is 2.27. The molecule has 0 aliphatic carbocycles. The molecule has 3 aromatic carbocycles. The molecule has 1 atom stereocenters. The number of anilines is 1. The van der Waals surface area contributed by atoms with E-state index in [4.69, 9.17) is 9.47 Å². The van der Waals surface area contributed by atoms with Gasteiger partial charge in [0.25, 0.3) is 0 Å². The lowest BCUT2D eigenvalue weighted by molar-refractivity contribution is -0.115. The van der Waals surface area contributed by atoms with Crippen LogP contribution in [0.25, 0.3) is 17.1 Å². The molecule has 0 spiro atoms. The number of ether oxygens (including phenoxy) is 2. The molecule has 4 aromatic rings. The van der Waals surface area contributed by atoms with Crippen molar-refractivity contribution in [2.45, 2.75) is 41.5 Å². The van der Waals surface area contributed by atoms with Crippen molar-refractivity contribution in [1.29, 1.82) is 0 Å². The summed E-state index contributed by atoms with van der Waals surface area (Å²) in [5.74, 6) is 1.68. The molecule has 1 fully saturated rings. The van der Waals surface area contributed by atoms with Crippen LogP contribution in [-0.2, 0) is 14.8 Å². The van der Waals surface area contributed by atoms with Crippen LogP contribution < -0.4 is 14.8 Å². The Labute approximate surface area is 242 Å². The van der Waals surface area contributed by atoms with Crippen molar-refractivity contribution in [3.05, 3.63) is 72.8 Å². The first-order valence-electron chi connectivity index (χ1n) is 13.4. The first-order chi connectivity index (χ1) is 19.9. The van der Waals surface area contributed by atoms with Gasteiger partial charge in [-0.25, -0.2) is 8.42 Å². The zero-order valence-electron chi connectivity index (χ0n) is 22.4. The Hall–Kier alpha value is -3.87. The smallest absolute Gasteiger partial charge is 0.243 e. The molecule has 0 saturated carbocycles. The zero-order valence-corrected chi connectivity index (χ0v) is 24.0. The summed E-state index contributed by atoms with van der Waals surface area (Å²) in [5, 5.41) is 11.8. The van der Waals surface area contributed by atoms with Gasteiger partial charge in [0.15, 0.2) is 22.5 Å². The van der Waals surface area contributed by atoms with Crippen molar-refractivity contribution in [3.63, 3.8) is 0 Å². The minimum absolute atomic E-state index is 0.175. The van der Waals surface area contributed by atoms with Crippen molar-refractivity contribution >= 4 is 33.4 Å². The molecule has 6 rings (SSSR count). The van der Waals surface area contributed by atoms with Gasteiger partial charge >= 0.3 is 0 Å². The first-order valence-corrected chi connectivity index (χ1v) is 15.7. The van der Waals surface area contributed by atoms with Gasteiger partial charge in [-0.3, -0.25) is 9.36 Å². The van der Waals surface area contributed by atoms with Gasteiger partial charge in [-0.05, 0) is 74.4 Å². The molecule has 3 heterocycles. The minimum Gasteiger partial charge on any atom is -0.454 e. The number of sulfonamides is 1. The molecule has 12 heteroatoms. The maximum Gasteiger partial charge on any atom is 0.243 e. The van der Waals surface area contributed by atoms with Gasteiger partial charge in [-0.15, -0.1) is 10.2 Å². The molecule has 2 aliphatic heterocycles. The molecule has 0 bridgehead atoms. The first kappa shape index (κ1) is 27.3. The van der Waals surface area contributed by atoms with Gasteiger partial charge in [-0.2, -0.15) is 4.31 Å². The van der Waals surface area contributed by atoms with Crippen LogP contribution in [0.2, 0.25) is 0 Å². The molecule has 1 unspecified atom stereocenters. The molecule has 41 heavy (non-hydrogen) atoms. The number of fused-ring (bicyclic) bond motifs is 1. The average Bonchev–Trinajstić information content (AvgIpc) is 3.65. The van der Waals surface area contributed by atoms with E-state index < -0.39 is 15.3 Å². The van der Waals surface area contributed by atoms with Crippen LogP contribution in [0.15, 0.2) is 82.8 Å². The van der Waals surface area contributed by atoms with Crippen molar-refractivity contribution < 1.29 is 22.7 Å². The van der Waals surface area contributed by atoms with Crippen LogP contribution in [0.3, 0.4) is 0 Å². The van der Waals surface area contributed by atoms with Crippen LogP contribution in [-0.4, -0.2) is 58.5 Å². The lowest BCUT2D eigenvalue weighted by Crippen LogP contribution is -2.35. The number of aromatic nitrogens is 3. The third kappa shape index (κ3) is 5.67. The van der Waals surface area contributed by atoms with Crippen LogP contribution in [0, 0.1) is 0 Å². The minimum atomic E-state index is -3.54. The fraction of sp³-hybridized carbons (Fsp3) is 0.276. The number of piperidine rings is 1. The Morgan fingerprint density at radius 1 is 0.927 bits per heavy atom. The van der Waals surface area contributed by atoms with Gasteiger partial charge in [0.2, 0.25) is 22.7 Å². The summed E-state index contributed by atoms with van der Waals surface area (Å²) in [5.41, 5.74) is 2.17. The topological polar surface area (TPSA) is 116 Å². The molecule has 1 aromatic heterocycles. The van der Waals surface area contributed by atoms with Crippen LogP contribution in [0.1, 0.15) is 26.2 Å².